The zero-order chi connectivity index (χ0) is 25.9. The van der Waals surface area contributed by atoms with Crippen molar-refractivity contribution in [1.82, 2.24) is 30.2 Å². The van der Waals surface area contributed by atoms with Crippen LogP contribution in [-0.2, 0) is 6.18 Å². The molecule has 36 heavy (non-hydrogen) atoms. The highest BCUT2D eigenvalue weighted by Gasteiger charge is 2.33. The highest BCUT2D eigenvalue weighted by Crippen LogP contribution is 2.29. The van der Waals surface area contributed by atoms with E-state index in [2.05, 4.69) is 35.6 Å². The molecule has 0 saturated heterocycles. The van der Waals surface area contributed by atoms with E-state index in [-0.39, 0.29) is 22.9 Å². The maximum absolute atomic E-state index is 12.9. The summed E-state index contributed by atoms with van der Waals surface area (Å²) >= 11 is 0. The van der Waals surface area contributed by atoms with Crippen LogP contribution in [0.4, 0.5) is 18.9 Å². The van der Waals surface area contributed by atoms with Crippen molar-refractivity contribution >= 4 is 17.5 Å². The molecule has 4 heterocycles. The van der Waals surface area contributed by atoms with Gasteiger partial charge in [0.25, 0.3) is 11.8 Å². The van der Waals surface area contributed by atoms with E-state index in [1.807, 2.05) is 0 Å². The summed E-state index contributed by atoms with van der Waals surface area (Å²) in [5, 5.41) is 5.06. The molecule has 2 N–H and O–H groups in total. The number of nitrogens with one attached hydrogen (secondary N) is 2. The lowest BCUT2D eigenvalue weighted by atomic mass is 10.1. The zero-order valence-electron chi connectivity index (χ0n) is 19.0. The smallest absolute Gasteiger partial charge is 0.354 e. The molecule has 0 radical (unpaired) electrons. The molecule has 182 valence electrons. The maximum atomic E-state index is 12.9. The van der Waals surface area contributed by atoms with Crippen LogP contribution in [0, 0.1) is 6.92 Å². The van der Waals surface area contributed by atoms with E-state index in [1.165, 1.54) is 31.7 Å². The highest BCUT2D eigenvalue weighted by molar-refractivity contribution is 6.04. The molecule has 0 bridgehead atoms. The lowest BCUT2D eigenvalue weighted by molar-refractivity contribution is -0.141. The van der Waals surface area contributed by atoms with Crippen LogP contribution in [0.2, 0.25) is 0 Å². The number of rotatable bonds is 5. The Bertz CT molecular complexity index is 1460. The van der Waals surface area contributed by atoms with E-state index >= 15 is 0 Å². The van der Waals surface area contributed by atoms with Crippen LogP contribution in [-0.4, -0.2) is 43.8 Å². The van der Waals surface area contributed by atoms with Gasteiger partial charge < -0.3 is 10.6 Å². The minimum Gasteiger partial charge on any atom is -0.354 e. The van der Waals surface area contributed by atoms with E-state index in [1.54, 1.807) is 31.2 Å². The zero-order valence-corrected chi connectivity index (χ0v) is 19.0. The van der Waals surface area contributed by atoms with E-state index < -0.39 is 17.8 Å². The number of hydrogen-bond acceptors (Lipinski definition) is 7. The molecule has 12 heteroatoms. The van der Waals surface area contributed by atoms with Crippen LogP contribution in [0.15, 0.2) is 61.2 Å². The minimum absolute atomic E-state index is 0.201. The quantitative estimate of drug-likeness (QED) is 0.432. The lowest BCUT2D eigenvalue weighted by Crippen LogP contribution is -2.19. The summed E-state index contributed by atoms with van der Waals surface area (Å²) in [6.45, 7) is 1.75. The number of carbonyl (C=O) groups excluding carboxylic acids is 2. The summed E-state index contributed by atoms with van der Waals surface area (Å²) in [7, 11) is 1.50. The summed E-state index contributed by atoms with van der Waals surface area (Å²) in [5.74, 6) is -0.764. The second-order valence-corrected chi connectivity index (χ2v) is 7.51. The van der Waals surface area contributed by atoms with Gasteiger partial charge >= 0.3 is 6.18 Å². The number of alkyl halides is 3. The highest BCUT2D eigenvalue weighted by atomic mass is 19.4. The first-order valence-electron chi connectivity index (χ1n) is 10.5. The fourth-order valence-corrected chi connectivity index (χ4v) is 3.26. The first kappa shape index (κ1) is 24.4. The fourth-order valence-electron chi connectivity index (χ4n) is 3.26. The molecule has 0 aliphatic rings. The van der Waals surface area contributed by atoms with Crippen molar-refractivity contribution in [3.05, 3.63) is 83.8 Å². The van der Waals surface area contributed by atoms with Gasteiger partial charge in [-0.25, -0.2) is 9.97 Å². The molecule has 0 atom stereocenters. The van der Waals surface area contributed by atoms with Gasteiger partial charge in [0.1, 0.15) is 11.4 Å². The molecule has 0 aliphatic heterocycles. The van der Waals surface area contributed by atoms with Crippen LogP contribution < -0.4 is 10.6 Å². The van der Waals surface area contributed by atoms with Gasteiger partial charge in [-0.15, -0.1) is 0 Å². The van der Waals surface area contributed by atoms with E-state index in [4.69, 9.17) is 0 Å². The Morgan fingerprint density at radius 2 is 1.64 bits per heavy atom. The van der Waals surface area contributed by atoms with Gasteiger partial charge in [0.05, 0.1) is 17.6 Å². The SMILES string of the molecule is CNC(=O)c1cc(-c2nccc(-c3cc(NC(=O)c4ccnc(C(F)(F)F)c4)cnc3C)n2)ccn1. The van der Waals surface area contributed by atoms with Crippen molar-refractivity contribution in [3.63, 3.8) is 0 Å². The normalized spacial score (nSPS) is 11.1. The van der Waals surface area contributed by atoms with Crippen molar-refractivity contribution in [1.29, 1.82) is 0 Å². The molecule has 0 fully saturated rings. The van der Waals surface area contributed by atoms with E-state index in [9.17, 15) is 22.8 Å². The average Bonchev–Trinajstić information content (AvgIpc) is 2.89. The van der Waals surface area contributed by atoms with E-state index in [0.717, 1.165) is 6.20 Å². The number of anilines is 1. The average molecular weight is 493 g/mol. The molecular formula is C24H18F3N7O2. The summed E-state index contributed by atoms with van der Waals surface area (Å²) in [5.41, 5.74) is 1.33. The number of pyridine rings is 3. The molecule has 2 amide bonds. The van der Waals surface area contributed by atoms with Gasteiger partial charge in [0.15, 0.2) is 5.82 Å². The summed E-state index contributed by atoms with van der Waals surface area (Å²) in [6, 6.07) is 8.35. The predicted octanol–water partition coefficient (Wildman–Crippen LogP) is 3.93. The summed E-state index contributed by atoms with van der Waals surface area (Å²) in [6.07, 6.45) is 0.659. The van der Waals surface area contributed by atoms with Crippen LogP contribution in [0.3, 0.4) is 0 Å². The van der Waals surface area contributed by atoms with Crippen molar-refractivity contribution in [2.24, 2.45) is 0 Å². The van der Waals surface area contributed by atoms with Gasteiger partial charge in [-0.05, 0) is 43.3 Å². The van der Waals surface area contributed by atoms with Crippen molar-refractivity contribution in [3.8, 4) is 22.6 Å². The number of aryl methyl sites for hydroxylation is 1. The second kappa shape index (κ2) is 9.86. The number of aromatic nitrogens is 5. The van der Waals surface area contributed by atoms with Gasteiger partial charge in [0, 0.05) is 48.0 Å². The van der Waals surface area contributed by atoms with Gasteiger partial charge in [-0.2, -0.15) is 13.2 Å². The Morgan fingerprint density at radius 3 is 2.39 bits per heavy atom. The number of amides is 2. The fraction of sp³-hybridized carbons (Fsp3) is 0.125. The van der Waals surface area contributed by atoms with E-state index in [0.29, 0.717) is 34.4 Å². The monoisotopic (exact) mass is 493 g/mol. The number of carbonyl (C=O) groups is 2. The predicted molar refractivity (Wildman–Crippen MR) is 124 cm³/mol. The summed E-state index contributed by atoms with van der Waals surface area (Å²) in [4.78, 5) is 44.9. The van der Waals surface area contributed by atoms with Crippen molar-refractivity contribution in [2.45, 2.75) is 13.1 Å². The number of hydrogen-bond donors (Lipinski definition) is 2. The molecule has 9 nitrogen and oxygen atoms in total. The third-order valence-electron chi connectivity index (χ3n) is 5.07. The Morgan fingerprint density at radius 1 is 0.889 bits per heavy atom. The van der Waals surface area contributed by atoms with Crippen LogP contribution in [0.25, 0.3) is 22.6 Å². The largest absolute Gasteiger partial charge is 0.433 e. The molecule has 4 aromatic heterocycles. The topological polar surface area (TPSA) is 123 Å². The molecular weight excluding hydrogens is 475 g/mol. The first-order chi connectivity index (χ1) is 17.2. The van der Waals surface area contributed by atoms with Gasteiger partial charge in [-0.3, -0.25) is 24.5 Å². The molecule has 0 aromatic carbocycles. The van der Waals surface area contributed by atoms with Crippen LogP contribution >= 0.6 is 0 Å². The number of nitrogens with zero attached hydrogens (tertiary/aromatic N) is 5. The van der Waals surface area contributed by atoms with Gasteiger partial charge in [0.2, 0.25) is 0 Å². The first-order valence-corrected chi connectivity index (χ1v) is 10.5. The molecule has 4 aromatic rings. The Labute approximate surface area is 202 Å². The van der Waals surface area contributed by atoms with Crippen LogP contribution in [0.5, 0.6) is 0 Å². The maximum Gasteiger partial charge on any atom is 0.433 e. The lowest BCUT2D eigenvalue weighted by Gasteiger charge is -2.11. The van der Waals surface area contributed by atoms with Crippen LogP contribution in [0.1, 0.15) is 32.2 Å². The Hall–Kier alpha value is -4.74. The Balaban J connectivity index is 1.63. The molecule has 0 spiro atoms. The second-order valence-electron chi connectivity index (χ2n) is 7.51. The van der Waals surface area contributed by atoms with Crippen molar-refractivity contribution < 1.29 is 22.8 Å². The van der Waals surface area contributed by atoms with Crippen molar-refractivity contribution in [2.75, 3.05) is 12.4 Å². The third kappa shape index (κ3) is 5.32. The Kier molecular flexibility index (Phi) is 6.68. The third-order valence-corrected chi connectivity index (χ3v) is 5.07. The molecule has 0 aliphatic carbocycles. The standard InChI is InChI=1S/C24H18F3N7O2/c1-13-17(18-5-8-31-21(34-18)14-3-6-29-19(9-14)23(36)28-2)11-16(12-32-13)33-22(35)15-4-7-30-20(10-15)24(25,26)27/h3-12H,1-2H3,(H,28,36)(H,33,35). The van der Waals surface area contributed by atoms with Gasteiger partial charge in [-0.1, -0.05) is 0 Å². The molecule has 0 saturated carbocycles. The summed E-state index contributed by atoms with van der Waals surface area (Å²) < 4.78 is 38.8. The molecule has 4 rings (SSSR count). The molecule has 0 unspecified atom stereocenters. The number of halogens is 3. The minimum atomic E-state index is -4.67.